The highest BCUT2D eigenvalue weighted by atomic mass is 35.5. The number of ether oxygens (including phenoxy) is 1. The maximum Gasteiger partial charge on any atom is 0.289 e. The second-order valence-corrected chi connectivity index (χ2v) is 5.23. The van der Waals surface area contributed by atoms with Gasteiger partial charge in [0.15, 0.2) is 5.76 Å². The number of amides is 2. The van der Waals surface area contributed by atoms with E-state index in [4.69, 9.17) is 20.8 Å². The summed E-state index contributed by atoms with van der Waals surface area (Å²) in [5.74, 6) is 0.212. The van der Waals surface area contributed by atoms with Crippen LogP contribution in [0, 0.1) is 0 Å². The molecular formula is C16H17ClN2O4. The van der Waals surface area contributed by atoms with Crippen LogP contribution in [0.25, 0.3) is 0 Å². The summed E-state index contributed by atoms with van der Waals surface area (Å²) in [6.07, 6.45) is 1.41. The smallest absolute Gasteiger partial charge is 0.289 e. The van der Waals surface area contributed by atoms with Gasteiger partial charge in [-0.1, -0.05) is 17.7 Å². The first kappa shape index (κ1) is 16.9. The monoisotopic (exact) mass is 336 g/mol. The van der Waals surface area contributed by atoms with E-state index >= 15 is 0 Å². The van der Waals surface area contributed by atoms with Gasteiger partial charge >= 0.3 is 0 Å². The Morgan fingerprint density at radius 1 is 1.30 bits per heavy atom. The number of benzene rings is 1. The molecule has 7 heteroatoms. The average Bonchev–Trinajstić information content (AvgIpc) is 3.05. The number of rotatable bonds is 7. The Labute approximate surface area is 139 Å². The summed E-state index contributed by atoms with van der Waals surface area (Å²) in [5, 5.41) is 3.26. The minimum atomic E-state index is -0.347. The van der Waals surface area contributed by atoms with E-state index < -0.39 is 0 Å². The summed E-state index contributed by atoms with van der Waals surface area (Å²) in [7, 11) is 1.53. The van der Waals surface area contributed by atoms with Gasteiger partial charge < -0.3 is 19.4 Å². The normalized spacial score (nSPS) is 10.2. The van der Waals surface area contributed by atoms with Crippen molar-refractivity contribution in [2.24, 2.45) is 0 Å². The van der Waals surface area contributed by atoms with Crippen LogP contribution < -0.4 is 10.1 Å². The van der Waals surface area contributed by atoms with Gasteiger partial charge in [0, 0.05) is 12.1 Å². The molecule has 2 aromatic rings. The van der Waals surface area contributed by atoms with Crippen LogP contribution >= 0.6 is 11.6 Å². The van der Waals surface area contributed by atoms with Crippen molar-refractivity contribution in [2.45, 2.75) is 0 Å². The van der Waals surface area contributed by atoms with E-state index in [0.29, 0.717) is 23.9 Å². The Morgan fingerprint density at radius 3 is 2.83 bits per heavy atom. The minimum Gasteiger partial charge on any atom is -0.492 e. The van der Waals surface area contributed by atoms with E-state index in [-0.39, 0.29) is 24.1 Å². The number of carbonyl (C=O) groups excluding carboxylic acids is 2. The number of halogens is 1. The van der Waals surface area contributed by atoms with E-state index in [1.54, 1.807) is 36.4 Å². The SMILES string of the molecule is CN(CC(=O)NCCOc1cccc(Cl)c1)C(=O)c1ccco1. The topological polar surface area (TPSA) is 71.8 Å². The molecule has 122 valence electrons. The maximum absolute atomic E-state index is 11.9. The fourth-order valence-corrected chi connectivity index (χ4v) is 2.03. The number of likely N-dealkylation sites (N-methyl/N-ethyl adjacent to an activating group) is 1. The van der Waals surface area contributed by atoms with Gasteiger partial charge in [0.05, 0.1) is 19.4 Å². The Morgan fingerprint density at radius 2 is 2.13 bits per heavy atom. The zero-order valence-corrected chi connectivity index (χ0v) is 13.4. The summed E-state index contributed by atoms with van der Waals surface area (Å²) in [6, 6.07) is 10.2. The first-order valence-electron chi connectivity index (χ1n) is 7.00. The summed E-state index contributed by atoms with van der Waals surface area (Å²) >= 11 is 5.84. The van der Waals surface area contributed by atoms with Gasteiger partial charge in [-0.2, -0.15) is 0 Å². The van der Waals surface area contributed by atoms with Gasteiger partial charge in [-0.3, -0.25) is 9.59 Å². The van der Waals surface area contributed by atoms with Crippen LogP contribution in [-0.2, 0) is 4.79 Å². The zero-order valence-electron chi connectivity index (χ0n) is 12.6. The molecule has 23 heavy (non-hydrogen) atoms. The number of nitrogens with one attached hydrogen (secondary N) is 1. The highest BCUT2D eigenvalue weighted by molar-refractivity contribution is 6.30. The van der Waals surface area contributed by atoms with Gasteiger partial charge in [0.1, 0.15) is 12.4 Å². The zero-order chi connectivity index (χ0) is 16.7. The van der Waals surface area contributed by atoms with Gasteiger partial charge in [-0.05, 0) is 30.3 Å². The molecule has 1 aromatic heterocycles. The first-order chi connectivity index (χ1) is 11.1. The van der Waals surface area contributed by atoms with Gasteiger partial charge in [-0.15, -0.1) is 0 Å². The Bertz CT molecular complexity index is 658. The van der Waals surface area contributed by atoms with Crippen LogP contribution in [0.4, 0.5) is 0 Å². The number of hydrogen-bond donors (Lipinski definition) is 1. The van der Waals surface area contributed by atoms with E-state index in [1.165, 1.54) is 18.2 Å². The van der Waals surface area contributed by atoms with Gasteiger partial charge in [0.2, 0.25) is 5.91 Å². The van der Waals surface area contributed by atoms with Crippen molar-refractivity contribution in [1.29, 1.82) is 0 Å². The van der Waals surface area contributed by atoms with Crippen molar-refractivity contribution in [1.82, 2.24) is 10.2 Å². The summed E-state index contributed by atoms with van der Waals surface area (Å²) in [6.45, 7) is 0.576. The number of nitrogens with zero attached hydrogens (tertiary/aromatic N) is 1. The lowest BCUT2D eigenvalue weighted by atomic mass is 10.3. The Hall–Kier alpha value is -2.47. The lowest BCUT2D eigenvalue weighted by Gasteiger charge is -2.15. The molecule has 0 bridgehead atoms. The molecule has 0 atom stereocenters. The lowest BCUT2D eigenvalue weighted by Crippen LogP contribution is -2.39. The lowest BCUT2D eigenvalue weighted by molar-refractivity contribution is -0.121. The average molecular weight is 337 g/mol. The van der Waals surface area contributed by atoms with Crippen LogP contribution in [0.2, 0.25) is 5.02 Å². The highest BCUT2D eigenvalue weighted by Gasteiger charge is 2.16. The van der Waals surface area contributed by atoms with Crippen molar-refractivity contribution in [3.05, 3.63) is 53.4 Å². The number of furan rings is 1. The van der Waals surface area contributed by atoms with Crippen molar-refractivity contribution in [3.8, 4) is 5.75 Å². The third-order valence-electron chi connectivity index (χ3n) is 2.95. The maximum atomic E-state index is 11.9. The molecule has 0 saturated carbocycles. The van der Waals surface area contributed by atoms with Crippen molar-refractivity contribution in [3.63, 3.8) is 0 Å². The third kappa shape index (κ3) is 5.34. The van der Waals surface area contributed by atoms with Crippen LogP contribution in [0.15, 0.2) is 47.1 Å². The van der Waals surface area contributed by atoms with E-state index in [0.717, 1.165) is 0 Å². The largest absolute Gasteiger partial charge is 0.492 e. The molecule has 0 aliphatic carbocycles. The van der Waals surface area contributed by atoms with E-state index in [9.17, 15) is 9.59 Å². The summed E-state index contributed by atoms with van der Waals surface area (Å²) in [4.78, 5) is 25.0. The molecule has 0 aliphatic rings. The predicted molar refractivity (Wildman–Crippen MR) is 85.6 cm³/mol. The number of carbonyl (C=O) groups is 2. The van der Waals surface area contributed by atoms with Crippen LogP contribution in [0.5, 0.6) is 5.75 Å². The van der Waals surface area contributed by atoms with E-state index in [2.05, 4.69) is 5.32 Å². The van der Waals surface area contributed by atoms with Crippen molar-refractivity contribution >= 4 is 23.4 Å². The Balaban J connectivity index is 1.68. The van der Waals surface area contributed by atoms with E-state index in [1.807, 2.05) is 0 Å². The quantitative estimate of drug-likeness (QED) is 0.787. The van der Waals surface area contributed by atoms with Gasteiger partial charge in [-0.25, -0.2) is 0 Å². The molecule has 0 radical (unpaired) electrons. The molecule has 1 heterocycles. The molecule has 2 amide bonds. The van der Waals surface area contributed by atoms with Crippen molar-refractivity contribution < 1.29 is 18.7 Å². The first-order valence-corrected chi connectivity index (χ1v) is 7.38. The number of hydrogen-bond acceptors (Lipinski definition) is 4. The molecule has 0 fully saturated rings. The Kier molecular flexibility index (Phi) is 6.05. The summed E-state index contributed by atoms with van der Waals surface area (Å²) < 4.78 is 10.5. The third-order valence-corrected chi connectivity index (χ3v) is 3.18. The molecule has 2 rings (SSSR count). The molecule has 0 spiro atoms. The molecule has 1 N–H and O–H groups in total. The molecular weight excluding hydrogens is 320 g/mol. The minimum absolute atomic E-state index is 0.0588. The molecule has 1 aromatic carbocycles. The molecule has 0 unspecified atom stereocenters. The fraction of sp³-hybridized carbons (Fsp3) is 0.250. The predicted octanol–water partition coefficient (Wildman–Crippen LogP) is 2.20. The standard InChI is InChI=1S/C16H17ClN2O4/c1-19(16(21)14-6-3-8-23-14)11-15(20)18-7-9-22-13-5-2-4-12(17)10-13/h2-6,8,10H,7,9,11H2,1H3,(H,18,20). The highest BCUT2D eigenvalue weighted by Crippen LogP contribution is 2.16. The fourth-order valence-electron chi connectivity index (χ4n) is 1.85. The van der Waals surface area contributed by atoms with Gasteiger partial charge in [0.25, 0.3) is 5.91 Å². The molecule has 0 saturated heterocycles. The van der Waals surface area contributed by atoms with Crippen molar-refractivity contribution in [2.75, 3.05) is 26.7 Å². The van der Waals surface area contributed by atoms with Crippen LogP contribution in [0.1, 0.15) is 10.6 Å². The molecule has 6 nitrogen and oxygen atoms in total. The van der Waals surface area contributed by atoms with Crippen LogP contribution in [-0.4, -0.2) is 43.5 Å². The summed E-state index contributed by atoms with van der Waals surface area (Å²) in [5.41, 5.74) is 0. The second-order valence-electron chi connectivity index (χ2n) is 4.79. The molecule has 0 aliphatic heterocycles. The van der Waals surface area contributed by atoms with Crippen LogP contribution in [0.3, 0.4) is 0 Å². The second kappa shape index (κ2) is 8.24.